The fourth-order valence-corrected chi connectivity index (χ4v) is 6.84. The molecule has 0 bridgehead atoms. The first-order valence-electron chi connectivity index (χ1n) is 14.8. The summed E-state index contributed by atoms with van der Waals surface area (Å²) in [5, 5.41) is 11.5. The first kappa shape index (κ1) is 32.8. The van der Waals surface area contributed by atoms with Crippen LogP contribution in [-0.2, 0) is 20.8 Å². The fourth-order valence-electron chi connectivity index (χ4n) is 6.58. The van der Waals surface area contributed by atoms with Crippen molar-refractivity contribution in [3.63, 3.8) is 0 Å². The predicted octanol–water partition coefficient (Wildman–Crippen LogP) is 4.07. The van der Waals surface area contributed by atoms with Gasteiger partial charge >= 0.3 is 5.97 Å². The average molecular weight is 626 g/mol. The molecular formula is C30H42ClF2N5O5. The van der Waals surface area contributed by atoms with Crippen molar-refractivity contribution in [2.24, 2.45) is 22.9 Å². The van der Waals surface area contributed by atoms with Crippen LogP contribution in [0.1, 0.15) is 76.5 Å². The molecule has 2 aliphatic heterocycles. The molecule has 0 aromatic heterocycles. The van der Waals surface area contributed by atoms with Gasteiger partial charge in [-0.3, -0.25) is 14.4 Å². The summed E-state index contributed by atoms with van der Waals surface area (Å²) in [5.41, 5.74) is 5.37. The van der Waals surface area contributed by atoms with E-state index < -0.39 is 48.1 Å². The fraction of sp³-hybridized carbons (Fsp3) is 0.633. The van der Waals surface area contributed by atoms with Gasteiger partial charge in [0.2, 0.25) is 11.8 Å². The van der Waals surface area contributed by atoms with Gasteiger partial charge in [0.05, 0.1) is 23.1 Å². The maximum absolute atomic E-state index is 14.3. The number of carboxylic acid groups (broad SMARTS) is 1. The average Bonchev–Trinajstić information content (AvgIpc) is 3.36. The van der Waals surface area contributed by atoms with Crippen LogP contribution in [0.15, 0.2) is 23.5 Å². The van der Waals surface area contributed by atoms with Crippen molar-refractivity contribution in [3.05, 3.63) is 39.7 Å². The number of fused-ring (bicyclic) bond motifs is 1. The van der Waals surface area contributed by atoms with Crippen molar-refractivity contribution in [2.45, 2.75) is 84.2 Å². The molecule has 1 aromatic rings. The van der Waals surface area contributed by atoms with E-state index in [0.717, 1.165) is 23.4 Å². The third-order valence-electron chi connectivity index (χ3n) is 9.17. The minimum absolute atomic E-state index is 0.0393. The van der Waals surface area contributed by atoms with Gasteiger partial charge in [-0.05, 0) is 64.2 Å². The number of halogens is 3. The van der Waals surface area contributed by atoms with Crippen LogP contribution in [0.5, 0.6) is 5.75 Å². The van der Waals surface area contributed by atoms with Gasteiger partial charge in [0.25, 0.3) is 6.43 Å². The van der Waals surface area contributed by atoms with Gasteiger partial charge in [-0.15, -0.1) is 0 Å². The van der Waals surface area contributed by atoms with E-state index in [2.05, 4.69) is 0 Å². The third kappa shape index (κ3) is 6.55. The lowest BCUT2D eigenvalue weighted by molar-refractivity contribution is -0.162. The highest BCUT2D eigenvalue weighted by Gasteiger charge is 2.50. The largest absolute Gasteiger partial charge is 0.487 e. The predicted molar refractivity (Wildman–Crippen MR) is 157 cm³/mol. The van der Waals surface area contributed by atoms with Crippen LogP contribution >= 0.6 is 11.6 Å². The quantitative estimate of drug-likeness (QED) is 0.261. The highest BCUT2D eigenvalue weighted by Crippen LogP contribution is 2.46. The Morgan fingerprint density at radius 1 is 1.21 bits per heavy atom. The number of amides is 2. The number of benzene rings is 1. The summed E-state index contributed by atoms with van der Waals surface area (Å²) >= 11 is 6.65. The molecule has 0 radical (unpaired) electrons. The minimum atomic E-state index is -2.93. The Morgan fingerprint density at radius 3 is 2.53 bits per heavy atom. The van der Waals surface area contributed by atoms with Gasteiger partial charge in [0, 0.05) is 42.7 Å². The van der Waals surface area contributed by atoms with E-state index >= 15 is 0 Å². The van der Waals surface area contributed by atoms with Crippen molar-refractivity contribution in [1.29, 1.82) is 0 Å². The summed E-state index contributed by atoms with van der Waals surface area (Å²) in [5.74, 6) is 4.10. The second kappa shape index (κ2) is 13.3. The second-order valence-electron chi connectivity index (χ2n) is 12.2. The van der Waals surface area contributed by atoms with E-state index in [1.807, 2.05) is 0 Å². The summed E-state index contributed by atoms with van der Waals surface area (Å²) in [7, 11) is 0. The van der Waals surface area contributed by atoms with Crippen molar-refractivity contribution >= 4 is 29.4 Å². The number of nitrogens with two attached hydrogens (primary N) is 2. The Kier molecular flexibility index (Phi) is 10.1. The van der Waals surface area contributed by atoms with Gasteiger partial charge in [-0.1, -0.05) is 24.4 Å². The first-order valence-corrected chi connectivity index (χ1v) is 15.2. The molecule has 4 rings (SSSR count). The molecule has 1 saturated heterocycles. The number of carboxylic acids is 1. The summed E-state index contributed by atoms with van der Waals surface area (Å²) in [6.07, 6.45) is 0.830. The van der Waals surface area contributed by atoms with Gasteiger partial charge in [-0.2, -0.15) is 0 Å². The Labute approximate surface area is 255 Å². The van der Waals surface area contributed by atoms with Crippen molar-refractivity contribution in [1.82, 2.24) is 14.8 Å². The normalized spacial score (nSPS) is 24.7. The molecule has 1 aromatic carbocycles. The lowest BCUT2D eigenvalue weighted by atomic mass is 9.66. The van der Waals surface area contributed by atoms with Crippen molar-refractivity contribution in [3.8, 4) is 5.75 Å². The van der Waals surface area contributed by atoms with Crippen molar-refractivity contribution in [2.75, 3.05) is 26.2 Å². The van der Waals surface area contributed by atoms with E-state index in [1.54, 1.807) is 42.7 Å². The molecule has 5 N–H and O–H groups in total. The zero-order chi connectivity index (χ0) is 31.6. The van der Waals surface area contributed by atoms with E-state index in [4.69, 9.17) is 27.9 Å². The zero-order valence-corrected chi connectivity index (χ0v) is 25.7. The van der Waals surface area contributed by atoms with Crippen molar-refractivity contribution < 1.29 is 33.0 Å². The molecule has 2 amide bonds. The maximum Gasteiger partial charge on any atom is 0.310 e. The van der Waals surface area contributed by atoms with Gasteiger partial charge in [0.1, 0.15) is 18.1 Å². The Morgan fingerprint density at radius 2 is 1.93 bits per heavy atom. The number of hydrogen-bond acceptors (Lipinski definition) is 7. The standard InChI is InChI=1S/C30H42ClF2N5O5/c1-17(2)38(35)26(27(32)33)21(34)16-43-23-10-9-20(31)18-11-14-37(22(25(18)23)15-36-13-6-8-24(36)39)28(40)19-7-4-5-12-30(19,3)29(41)42/h9-10,17,19,22,27H,4-8,11-16,34-35H2,1-3H3,(H,41,42)/b26-21-/t19?,22?,30-/m0/s1. The number of rotatable bonds is 10. The van der Waals surface area contributed by atoms with Crippen LogP contribution in [0, 0.1) is 11.3 Å². The smallest absolute Gasteiger partial charge is 0.310 e. The van der Waals surface area contributed by atoms with Gasteiger partial charge in [0.15, 0.2) is 0 Å². The van der Waals surface area contributed by atoms with E-state index in [1.165, 1.54) is 0 Å². The zero-order valence-electron chi connectivity index (χ0n) is 25.0. The van der Waals surface area contributed by atoms with E-state index in [0.29, 0.717) is 55.0 Å². The summed E-state index contributed by atoms with van der Waals surface area (Å²) < 4.78 is 33.9. The molecule has 3 atom stereocenters. The van der Waals surface area contributed by atoms with E-state index in [9.17, 15) is 28.3 Å². The topological polar surface area (TPSA) is 142 Å². The molecule has 10 nitrogen and oxygen atoms in total. The molecule has 3 aliphatic rings. The van der Waals surface area contributed by atoms with Gasteiger partial charge < -0.3 is 30.4 Å². The number of alkyl halides is 2. The summed E-state index contributed by atoms with van der Waals surface area (Å²) in [4.78, 5) is 42.7. The third-order valence-corrected chi connectivity index (χ3v) is 9.52. The Bertz CT molecular complexity index is 1280. The lowest BCUT2D eigenvalue weighted by Gasteiger charge is -2.45. The van der Waals surface area contributed by atoms with Crippen LogP contribution < -0.4 is 16.3 Å². The molecule has 1 aliphatic carbocycles. The molecule has 13 heteroatoms. The van der Waals surface area contributed by atoms with Crippen LogP contribution in [0.2, 0.25) is 5.02 Å². The number of likely N-dealkylation sites (tertiary alicyclic amines) is 1. The number of hydrazine groups is 1. The van der Waals surface area contributed by atoms with Crippen LogP contribution in [0.3, 0.4) is 0 Å². The SMILES string of the molecule is CC(C)N(N)/C(=C(\N)COc1ccc(Cl)c2c1C(CN1CCCC1=O)N(C(=O)C1CCCC[C@]1(C)C(=O)O)CC2)C(F)F. The first-order chi connectivity index (χ1) is 20.3. The number of carbonyl (C=O) groups excluding carboxylic acids is 2. The number of allylic oxidation sites excluding steroid dienone is 1. The molecule has 2 fully saturated rings. The highest BCUT2D eigenvalue weighted by molar-refractivity contribution is 6.31. The Hall–Kier alpha value is -3.12. The summed E-state index contributed by atoms with van der Waals surface area (Å²) in [6, 6.07) is 2.12. The molecular weight excluding hydrogens is 584 g/mol. The molecule has 1 saturated carbocycles. The maximum atomic E-state index is 14.3. The van der Waals surface area contributed by atoms with Crippen LogP contribution in [-0.4, -0.2) is 76.4 Å². The monoisotopic (exact) mass is 625 g/mol. The molecule has 0 spiro atoms. The molecule has 2 heterocycles. The highest BCUT2D eigenvalue weighted by atomic mass is 35.5. The molecule has 43 heavy (non-hydrogen) atoms. The number of nitrogens with zero attached hydrogens (tertiary/aromatic N) is 3. The van der Waals surface area contributed by atoms with E-state index in [-0.39, 0.29) is 30.6 Å². The lowest BCUT2D eigenvalue weighted by Crippen LogP contribution is -2.52. The Balaban J connectivity index is 1.75. The van der Waals surface area contributed by atoms with Gasteiger partial charge in [-0.25, -0.2) is 14.6 Å². The number of carbonyl (C=O) groups is 3. The summed E-state index contributed by atoms with van der Waals surface area (Å²) in [6.45, 7) is 5.51. The number of aliphatic carboxylic acids is 1. The molecule has 2 unspecified atom stereocenters. The minimum Gasteiger partial charge on any atom is -0.487 e. The van der Waals surface area contributed by atoms with Crippen LogP contribution in [0.25, 0.3) is 0 Å². The number of ether oxygens (including phenoxy) is 1. The number of hydrogen-bond donors (Lipinski definition) is 3. The molecule has 238 valence electrons. The van der Waals surface area contributed by atoms with Crippen LogP contribution in [0.4, 0.5) is 8.78 Å². The second-order valence-corrected chi connectivity index (χ2v) is 12.6.